The molecule has 106 valence electrons. The Morgan fingerprint density at radius 3 is 2.58 bits per heavy atom. The predicted octanol–water partition coefficient (Wildman–Crippen LogP) is 3.74. The average molecular weight is 294 g/mol. The molecule has 19 heavy (non-hydrogen) atoms. The third-order valence-electron chi connectivity index (χ3n) is 2.18. The highest BCUT2D eigenvalue weighted by Gasteiger charge is 2.33. The van der Waals surface area contributed by atoms with E-state index < -0.39 is 11.7 Å². The van der Waals surface area contributed by atoms with Crippen molar-refractivity contribution in [2.45, 2.75) is 20.0 Å². The Balaban J connectivity index is 2.98. The van der Waals surface area contributed by atoms with Gasteiger partial charge in [-0.1, -0.05) is 25.4 Å². The van der Waals surface area contributed by atoms with Gasteiger partial charge in [-0.15, -0.1) is 0 Å². The molecule has 0 aliphatic carbocycles. The maximum Gasteiger partial charge on any atom is 0.418 e. The van der Waals surface area contributed by atoms with Crippen LogP contribution in [-0.4, -0.2) is 12.5 Å². The molecule has 1 aromatic rings. The van der Waals surface area contributed by atoms with Crippen LogP contribution in [0.3, 0.4) is 0 Å². The fraction of sp³-hybridized carbons (Fsp3) is 0.417. The zero-order valence-corrected chi connectivity index (χ0v) is 11.3. The van der Waals surface area contributed by atoms with Crippen LogP contribution in [0.25, 0.3) is 0 Å². The molecular formula is C12H15ClF3N3. The number of alkyl halides is 3. The number of nitrogens with one attached hydrogen (secondary N) is 1. The van der Waals surface area contributed by atoms with Crippen LogP contribution in [0, 0.1) is 5.92 Å². The van der Waals surface area contributed by atoms with Crippen molar-refractivity contribution in [3.05, 3.63) is 28.8 Å². The molecule has 0 unspecified atom stereocenters. The molecule has 0 radical (unpaired) electrons. The van der Waals surface area contributed by atoms with Gasteiger partial charge >= 0.3 is 6.18 Å². The number of hydrogen-bond acceptors (Lipinski definition) is 1. The molecule has 0 atom stereocenters. The molecule has 0 saturated carbocycles. The molecule has 0 spiro atoms. The standard InChI is InChI=1S/C12H15ClF3N3/c1-7(2)6-18-11(17)19-10-4-3-8(13)5-9(10)12(14,15)16/h3-5,7H,6H2,1-2H3,(H3,17,18,19). The number of halogens is 4. The van der Waals surface area contributed by atoms with Crippen molar-refractivity contribution >= 4 is 23.2 Å². The Kier molecular flexibility index (Phi) is 5.05. The van der Waals surface area contributed by atoms with Crippen molar-refractivity contribution in [1.29, 1.82) is 0 Å². The van der Waals surface area contributed by atoms with Crippen molar-refractivity contribution in [2.24, 2.45) is 16.6 Å². The van der Waals surface area contributed by atoms with Crippen molar-refractivity contribution in [1.82, 2.24) is 0 Å². The highest BCUT2D eigenvalue weighted by atomic mass is 35.5. The summed E-state index contributed by atoms with van der Waals surface area (Å²) in [6.45, 7) is 4.30. The van der Waals surface area contributed by atoms with Gasteiger partial charge in [-0.2, -0.15) is 13.2 Å². The Bertz CT molecular complexity index is 470. The van der Waals surface area contributed by atoms with Crippen molar-refractivity contribution < 1.29 is 13.2 Å². The number of hydrogen-bond donors (Lipinski definition) is 2. The second kappa shape index (κ2) is 6.14. The van der Waals surface area contributed by atoms with Crippen LogP contribution < -0.4 is 11.1 Å². The van der Waals surface area contributed by atoms with Gasteiger partial charge < -0.3 is 11.1 Å². The Labute approximate surface area is 114 Å². The van der Waals surface area contributed by atoms with Gasteiger partial charge in [0.15, 0.2) is 5.96 Å². The molecule has 1 rings (SSSR count). The first-order valence-corrected chi connectivity index (χ1v) is 6.01. The Morgan fingerprint density at radius 1 is 1.42 bits per heavy atom. The first-order valence-electron chi connectivity index (χ1n) is 5.64. The maximum atomic E-state index is 12.8. The predicted molar refractivity (Wildman–Crippen MR) is 71.4 cm³/mol. The third kappa shape index (κ3) is 4.98. The van der Waals surface area contributed by atoms with E-state index in [1.807, 2.05) is 13.8 Å². The van der Waals surface area contributed by atoms with Gasteiger partial charge in [0.2, 0.25) is 0 Å². The minimum Gasteiger partial charge on any atom is -0.370 e. The lowest BCUT2D eigenvalue weighted by Crippen LogP contribution is -2.25. The molecule has 3 nitrogen and oxygen atoms in total. The number of guanidine groups is 1. The smallest absolute Gasteiger partial charge is 0.370 e. The second-order valence-electron chi connectivity index (χ2n) is 4.43. The highest BCUT2D eigenvalue weighted by Crippen LogP contribution is 2.36. The van der Waals surface area contributed by atoms with Crippen LogP contribution in [0.4, 0.5) is 18.9 Å². The zero-order valence-electron chi connectivity index (χ0n) is 10.6. The summed E-state index contributed by atoms with van der Waals surface area (Å²) >= 11 is 5.57. The number of rotatable bonds is 3. The molecule has 7 heteroatoms. The van der Waals surface area contributed by atoms with E-state index in [-0.39, 0.29) is 22.6 Å². The van der Waals surface area contributed by atoms with Crippen LogP contribution in [0.2, 0.25) is 5.02 Å². The van der Waals surface area contributed by atoms with E-state index in [0.29, 0.717) is 6.54 Å². The summed E-state index contributed by atoms with van der Waals surface area (Å²) in [6.07, 6.45) is -4.51. The van der Waals surface area contributed by atoms with Crippen LogP contribution in [0.15, 0.2) is 23.2 Å². The van der Waals surface area contributed by atoms with E-state index in [0.717, 1.165) is 6.07 Å². The highest BCUT2D eigenvalue weighted by molar-refractivity contribution is 6.30. The number of nitrogens with zero attached hydrogens (tertiary/aromatic N) is 1. The fourth-order valence-corrected chi connectivity index (χ4v) is 1.49. The van der Waals surface area contributed by atoms with Gasteiger partial charge in [0.1, 0.15) is 0 Å². The fourth-order valence-electron chi connectivity index (χ4n) is 1.32. The first-order chi connectivity index (χ1) is 8.70. The molecule has 0 fully saturated rings. The van der Waals surface area contributed by atoms with Crippen LogP contribution >= 0.6 is 11.6 Å². The van der Waals surface area contributed by atoms with Gasteiger partial charge in [0.25, 0.3) is 0 Å². The SMILES string of the molecule is CC(C)CN=C(N)Nc1ccc(Cl)cc1C(F)(F)F. The van der Waals surface area contributed by atoms with Crippen LogP contribution in [0.1, 0.15) is 19.4 Å². The minimum absolute atomic E-state index is 0.00978. The van der Waals surface area contributed by atoms with Crippen molar-refractivity contribution in [2.75, 3.05) is 11.9 Å². The molecule has 0 aliphatic rings. The summed E-state index contributed by atoms with van der Waals surface area (Å²) in [6, 6.07) is 3.43. The number of aliphatic imine (C=N–C) groups is 1. The van der Waals surface area contributed by atoms with Gasteiger partial charge in [0, 0.05) is 11.6 Å². The monoisotopic (exact) mass is 293 g/mol. The van der Waals surface area contributed by atoms with Crippen molar-refractivity contribution in [3.8, 4) is 0 Å². The molecule has 0 heterocycles. The molecule has 0 aliphatic heterocycles. The quantitative estimate of drug-likeness (QED) is 0.659. The number of anilines is 1. The van der Waals surface area contributed by atoms with Gasteiger partial charge in [-0.05, 0) is 24.1 Å². The van der Waals surface area contributed by atoms with E-state index >= 15 is 0 Å². The van der Waals surface area contributed by atoms with E-state index in [1.165, 1.54) is 12.1 Å². The second-order valence-corrected chi connectivity index (χ2v) is 4.87. The zero-order chi connectivity index (χ0) is 14.6. The number of nitrogens with two attached hydrogens (primary N) is 1. The molecule has 0 bridgehead atoms. The summed E-state index contributed by atoms with van der Waals surface area (Å²) in [4.78, 5) is 3.95. The molecule has 0 saturated heterocycles. The van der Waals surface area contributed by atoms with E-state index in [2.05, 4.69) is 10.3 Å². The lowest BCUT2D eigenvalue weighted by Gasteiger charge is -2.14. The lowest BCUT2D eigenvalue weighted by atomic mass is 10.1. The minimum atomic E-state index is -4.51. The van der Waals surface area contributed by atoms with Gasteiger partial charge in [0.05, 0.1) is 11.3 Å². The summed E-state index contributed by atoms with van der Waals surface area (Å²) in [5, 5.41) is 2.46. The van der Waals surface area contributed by atoms with Crippen LogP contribution in [-0.2, 0) is 6.18 Å². The molecule has 3 N–H and O–H groups in total. The molecule has 0 amide bonds. The summed E-state index contributed by atoms with van der Waals surface area (Å²) in [5.41, 5.74) is 4.51. The van der Waals surface area contributed by atoms with E-state index in [4.69, 9.17) is 17.3 Å². The van der Waals surface area contributed by atoms with Gasteiger partial charge in [-0.25, -0.2) is 0 Å². The summed E-state index contributed by atoms with van der Waals surface area (Å²) in [5.74, 6) is 0.217. The topological polar surface area (TPSA) is 50.4 Å². The molecule has 0 aromatic heterocycles. The van der Waals surface area contributed by atoms with Crippen molar-refractivity contribution in [3.63, 3.8) is 0 Å². The maximum absolute atomic E-state index is 12.8. The van der Waals surface area contributed by atoms with Crippen LogP contribution in [0.5, 0.6) is 0 Å². The lowest BCUT2D eigenvalue weighted by molar-refractivity contribution is -0.136. The molecular weight excluding hydrogens is 279 g/mol. The molecule has 1 aromatic carbocycles. The summed E-state index contributed by atoms with van der Waals surface area (Å²) in [7, 11) is 0. The van der Waals surface area contributed by atoms with E-state index in [1.54, 1.807) is 0 Å². The number of benzene rings is 1. The summed E-state index contributed by atoms with van der Waals surface area (Å²) < 4.78 is 38.4. The Morgan fingerprint density at radius 2 is 2.05 bits per heavy atom. The largest absolute Gasteiger partial charge is 0.418 e. The Hall–Kier alpha value is -1.43. The first kappa shape index (κ1) is 15.6. The van der Waals surface area contributed by atoms with Gasteiger partial charge in [-0.3, -0.25) is 4.99 Å². The van der Waals surface area contributed by atoms with E-state index in [9.17, 15) is 13.2 Å². The third-order valence-corrected chi connectivity index (χ3v) is 2.41. The average Bonchev–Trinajstić information content (AvgIpc) is 2.27. The normalized spacial score (nSPS) is 12.9.